The summed E-state index contributed by atoms with van der Waals surface area (Å²) in [4.78, 5) is 22.6. The van der Waals surface area contributed by atoms with Crippen LogP contribution in [0, 0.1) is 0 Å². The molecule has 1 aromatic carbocycles. The monoisotopic (exact) mass is 237 g/mol. The van der Waals surface area contributed by atoms with Crippen LogP contribution >= 0.6 is 0 Å². The zero-order chi connectivity index (χ0) is 12.7. The number of rotatable bonds is 4. The summed E-state index contributed by atoms with van der Waals surface area (Å²) in [5.41, 5.74) is 0.884. The van der Waals surface area contributed by atoms with Crippen molar-refractivity contribution in [1.82, 2.24) is 0 Å². The lowest BCUT2D eigenvalue weighted by molar-refractivity contribution is 0.0526. The van der Waals surface area contributed by atoms with E-state index in [4.69, 9.17) is 9.47 Å². The number of esters is 1. The Balaban J connectivity index is 2.72. The van der Waals surface area contributed by atoms with Crippen LogP contribution in [0.5, 0.6) is 0 Å². The normalized spacial score (nSPS) is 9.53. The van der Waals surface area contributed by atoms with Crippen molar-refractivity contribution in [2.75, 3.05) is 18.5 Å². The summed E-state index contributed by atoms with van der Waals surface area (Å²) in [6, 6.07) is 6.48. The Morgan fingerprint density at radius 3 is 2.53 bits per heavy atom. The molecular weight excluding hydrogens is 222 g/mol. The molecule has 0 saturated heterocycles. The Morgan fingerprint density at radius 1 is 1.18 bits per heavy atom. The fourth-order valence-corrected chi connectivity index (χ4v) is 1.22. The van der Waals surface area contributed by atoms with Crippen LogP contribution < -0.4 is 5.32 Å². The van der Waals surface area contributed by atoms with Crippen molar-refractivity contribution in [3.05, 3.63) is 29.8 Å². The maximum Gasteiger partial charge on any atom is 0.411 e. The smallest absolute Gasteiger partial charge is 0.411 e. The number of carbonyl (C=O) groups excluding carboxylic acids is 2. The number of anilines is 1. The molecule has 92 valence electrons. The van der Waals surface area contributed by atoms with Crippen LogP contribution in [0.25, 0.3) is 0 Å². The van der Waals surface area contributed by atoms with E-state index in [9.17, 15) is 9.59 Å². The largest absolute Gasteiger partial charge is 0.462 e. The maximum absolute atomic E-state index is 11.4. The third kappa shape index (κ3) is 4.14. The molecule has 0 fully saturated rings. The quantitative estimate of drug-likeness (QED) is 0.817. The number of ether oxygens (including phenoxy) is 2. The SMILES string of the molecule is CCOC(=O)Nc1cccc(C(=O)OCC)c1. The highest BCUT2D eigenvalue weighted by Crippen LogP contribution is 2.12. The predicted octanol–water partition coefficient (Wildman–Crippen LogP) is 2.43. The molecule has 0 aliphatic heterocycles. The molecule has 1 aromatic rings. The number of nitrogens with one attached hydrogen (secondary N) is 1. The summed E-state index contributed by atoms with van der Waals surface area (Å²) < 4.78 is 9.58. The molecule has 0 bridgehead atoms. The van der Waals surface area contributed by atoms with Crippen LogP contribution in [0.15, 0.2) is 24.3 Å². The number of amides is 1. The van der Waals surface area contributed by atoms with Gasteiger partial charge in [0, 0.05) is 5.69 Å². The van der Waals surface area contributed by atoms with Crippen LogP contribution in [-0.4, -0.2) is 25.3 Å². The van der Waals surface area contributed by atoms with Crippen LogP contribution in [0.4, 0.5) is 10.5 Å². The van der Waals surface area contributed by atoms with E-state index in [1.807, 2.05) is 0 Å². The van der Waals surface area contributed by atoms with Crippen molar-refractivity contribution in [3.63, 3.8) is 0 Å². The molecule has 1 N–H and O–H groups in total. The summed E-state index contributed by atoms with van der Waals surface area (Å²) >= 11 is 0. The van der Waals surface area contributed by atoms with E-state index in [2.05, 4.69) is 5.32 Å². The minimum absolute atomic E-state index is 0.295. The lowest BCUT2D eigenvalue weighted by Crippen LogP contribution is -2.14. The second kappa shape index (κ2) is 6.52. The van der Waals surface area contributed by atoms with E-state index in [0.29, 0.717) is 24.5 Å². The molecule has 5 heteroatoms. The minimum atomic E-state index is -0.548. The van der Waals surface area contributed by atoms with Gasteiger partial charge in [0.2, 0.25) is 0 Å². The first-order valence-corrected chi connectivity index (χ1v) is 5.38. The summed E-state index contributed by atoms with van der Waals surface area (Å²) in [6.45, 7) is 4.06. The van der Waals surface area contributed by atoms with Gasteiger partial charge < -0.3 is 9.47 Å². The molecule has 0 aliphatic rings. The lowest BCUT2D eigenvalue weighted by atomic mass is 10.2. The molecule has 5 nitrogen and oxygen atoms in total. The first-order chi connectivity index (χ1) is 8.17. The standard InChI is InChI=1S/C12H15NO4/c1-3-16-11(14)9-6-5-7-10(8-9)13-12(15)17-4-2/h5-8H,3-4H2,1-2H3,(H,13,15). The molecule has 0 heterocycles. The van der Waals surface area contributed by atoms with Gasteiger partial charge in [0.1, 0.15) is 0 Å². The zero-order valence-electron chi connectivity index (χ0n) is 9.86. The van der Waals surface area contributed by atoms with Crippen LogP contribution in [0.1, 0.15) is 24.2 Å². The van der Waals surface area contributed by atoms with Gasteiger partial charge in [-0.05, 0) is 32.0 Å². The number of carbonyl (C=O) groups is 2. The maximum atomic E-state index is 11.4. The summed E-state index contributed by atoms with van der Waals surface area (Å²) in [6.07, 6.45) is -0.548. The summed E-state index contributed by atoms with van der Waals surface area (Å²) in [5, 5.41) is 2.51. The fraction of sp³-hybridized carbons (Fsp3) is 0.333. The number of hydrogen-bond donors (Lipinski definition) is 1. The van der Waals surface area contributed by atoms with Crippen LogP contribution in [0.3, 0.4) is 0 Å². The third-order valence-electron chi connectivity index (χ3n) is 1.90. The van der Waals surface area contributed by atoms with Crippen molar-refractivity contribution >= 4 is 17.7 Å². The van der Waals surface area contributed by atoms with Gasteiger partial charge in [-0.2, -0.15) is 0 Å². The van der Waals surface area contributed by atoms with Crippen LogP contribution in [-0.2, 0) is 9.47 Å². The minimum Gasteiger partial charge on any atom is -0.462 e. The molecule has 0 aromatic heterocycles. The molecule has 0 aliphatic carbocycles. The van der Waals surface area contributed by atoms with Crippen LogP contribution in [0.2, 0.25) is 0 Å². The average Bonchev–Trinajstić information content (AvgIpc) is 2.30. The van der Waals surface area contributed by atoms with E-state index in [0.717, 1.165) is 0 Å². The van der Waals surface area contributed by atoms with Gasteiger partial charge in [-0.1, -0.05) is 6.07 Å². The Kier molecular flexibility index (Phi) is 5.00. The van der Waals surface area contributed by atoms with Crippen molar-refractivity contribution < 1.29 is 19.1 Å². The van der Waals surface area contributed by atoms with Gasteiger partial charge in [-0.15, -0.1) is 0 Å². The van der Waals surface area contributed by atoms with Crippen molar-refractivity contribution in [2.24, 2.45) is 0 Å². The molecule has 0 radical (unpaired) electrons. The van der Waals surface area contributed by atoms with E-state index < -0.39 is 12.1 Å². The second-order valence-corrected chi connectivity index (χ2v) is 3.15. The molecule has 0 spiro atoms. The first kappa shape index (κ1) is 13.0. The lowest BCUT2D eigenvalue weighted by Gasteiger charge is -2.06. The molecule has 0 unspecified atom stereocenters. The van der Waals surface area contributed by atoms with Crippen molar-refractivity contribution in [3.8, 4) is 0 Å². The zero-order valence-corrected chi connectivity index (χ0v) is 9.86. The highest BCUT2D eigenvalue weighted by Gasteiger charge is 2.08. The highest BCUT2D eigenvalue weighted by molar-refractivity contribution is 5.92. The number of hydrogen-bond acceptors (Lipinski definition) is 4. The Hall–Kier alpha value is -2.04. The van der Waals surface area contributed by atoms with Gasteiger partial charge >= 0.3 is 12.1 Å². The topological polar surface area (TPSA) is 64.6 Å². The Labute approximate surface area is 99.7 Å². The molecule has 0 saturated carbocycles. The van der Waals surface area contributed by atoms with Crippen molar-refractivity contribution in [2.45, 2.75) is 13.8 Å². The average molecular weight is 237 g/mol. The third-order valence-corrected chi connectivity index (χ3v) is 1.90. The Morgan fingerprint density at radius 2 is 1.88 bits per heavy atom. The summed E-state index contributed by atoms with van der Waals surface area (Å²) in [5.74, 6) is -0.417. The fourth-order valence-electron chi connectivity index (χ4n) is 1.22. The highest BCUT2D eigenvalue weighted by atomic mass is 16.5. The molecule has 17 heavy (non-hydrogen) atoms. The number of benzene rings is 1. The first-order valence-electron chi connectivity index (χ1n) is 5.38. The van der Waals surface area contributed by atoms with Gasteiger partial charge in [0.05, 0.1) is 18.8 Å². The van der Waals surface area contributed by atoms with Gasteiger partial charge in [0.15, 0.2) is 0 Å². The van der Waals surface area contributed by atoms with Crippen molar-refractivity contribution in [1.29, 1.82) is 0 Å². The molecule has 1 rings (SSSR count). The Bertz CT molecular complexity index is 403. The van der Waals surface area contributed by atoms with Gasteiger partial charge in [-0.25, -0.2) is 9.59 Å². The van der Waals surface area contributed by atoms with Gasteiger partial charge in [-0.3, -0.25) is 5.32 Å². The molecule has 0 atom stereocenters. The predicted molar refractivity (Wildman–Crippen MR) is 63.0 cm³/mol. The van der Waals surface area contributed by atoms with Gasteiger partial charge in [0.25, 0.3) is 0 Å². The summed E-state index contributed by atoms with van der Waals surface area (Å²) in [7, 11) is 0. The second-order valence-electron chi connectivity index (χ2n) is 3.15. The van der Waals surface area contributed by atoms with E-state index in [1.54, 1.807) is 32.0 Å². The molecular formula is C12H15NO4. The van der Waals surface area contributed by atoms with E-state index in [1.165, 1.54) is 6.07 Å². The van der Waals surface area contributed by atoms with E-state index in [-0.39, 0.29) is 0 Å². The molecule has 1 amide bonds. The van der Waals surface area contributed by atoms with E-state index >= 15 is 0 Å².